The van der Waals surface area contributed by atoms with E-state index < -0.39 is 62.7 Å². The third-order valence-corrected chi connectivity index (χ3v) is 10.9. The van der Waals surface area contributed by atoms with Crippen LogP contribution in [0.2, 0.25) is 36.3 Å². The molecule has 10 nitrogen and oxygen atoms in total. The fourth-order valence-corrected chi connectivity index (χ4v) is 7.31. The number of aliphatic carboxylic acids is 2. The van der Waals surface area contributed by atoms with Crippen LogP contribution < -0.4 is 5.46 Å². The molecule has 0 spiro atoms. The number of aliphatic hydroxyl groups is 2. The van der Waals surface area contributed by atoms with Gasteiger partial charge in [-0.15, -0.1) is 0 Å². The molecule has 4 aromatic carbocycles. The molecule has 0 amide bonds. The summed E-state index contributed by atoms with van der Waals surface area (Å²) in [5.74, 6) is -3.22. The maximum Gasteiger partial charge on any atom is 0.491 e. The minimum atomic E-state index is -1.81. The Labute approximate surface area is 369 Å². The van der Waals surface area contributed by atoms with E-state index in [0.29, 0.717) is 48.1 Å². The smallest absolute Gasteiger partial charge is 0.481 e. The van der Waals surface area contributed by atoms with Crippen LogP contribution in [0.5, 0.6) is 0 Å². The summed E-state index contributed by atoms with van der Waals surface area (Å²) >= 11 is 14.8. The first-order valence-electron chi connectivity index (χ1n) is 19.2. The maximum atomic E-state index is 14.0. The maximum absolute atomic E-state index is 14.0. The van der Waals surface area contributed by atoms with E-state index in [-0.39, 0.29) is 34.6 Å². The lowest BCUT2D eigenvalue weighted by molar-refractivity contribution is -0.152. The summed E-state index contributed by atoms with van der Waals surface area (Å²) in [6.45, 7) is 4.47. The molecule has 0 saturated heterocycles. The van der Waals surface area contributed by atoms with Gasteiger partial charge in [0, 0.05) is 25.5 Å². The average molecular weight is 938 g/mol. The van der Waals surface area contributed by atoms with Gasteiger partial charge in [0.15, 0.2) is 0 Å². The van der Waals surface area contributed by atoms with Crippen LogP contribution in [0.4, 0.5) is 8.78 Å². The largest absolute Gasteiger partial charge is 0.491 e. The van der Waals surface area contributed by atoms with Gasteiger partial charge in [-0.3, -0.25) is 9.59 Å². The molecule has 60 heavy (non-hydrogen) atoms. The number of hydrogen-bond donors (Lipinski definition) is 8. The van der Waals surface area contributed by atoms with Crippen molar-refractivity contribution in [3.8, 4) is 11.1 Å². The lowest BCUT2D eigenvalue weighted by atomic mass is 9.60. The number of carboxylic acid groups (broad SMARTS) is 2. The normalized spacial score (nSPS) is 13.8. The van der Waals surface area contributed by atoms with Gasteiger partial charge in [0.05, 0.1) is 24.0 Å². The molecule has 0 aliphatic rings. The Morgan fingerprint density at radius 2 is 1.07 bits per heavy atom. The van der Waals surface area contributed by atoms with E-state index in [1.165, 1.54) is 31.2 Å². The standard InChI is InChI=1S/C21H25BClFO4.C15H22BBrO4.C6H5BClFO2/c1-21(13-25,20(26)27)11-15(12-22(2)28)9-14-3-5-16(6-4-14)18-10-17(23)7-8-19(18)24;1-15(10-18,14(19)20)8-12(9-16(2)21)7-11-3-5-13(17)6-4-11;8-4-1-2-6(9)5(3-4)7(10)11/h3-8,10,15,25,28H,9,11-13H2,1-2H3,(H,26,27);3-6,12,18,21H,7-10H2,1-2H3,(H,19,20);1-3,10-11H/t15-,21+;12-,15+;/m11./s1. The van der Waals surface area contributed by atoms with Gasteiger partial charge in [-0.05, 0) is 129 Å². The Bertz CT molecular complexity index is 1970. The van der Waals surface area contributed by atoms with Gasteiger partial charge in [0.25, 0.3) is 13.8 Å². The summed E-state index contributed by atoms with van der Waals surface area (Å²) in [6.07, 6.45) is 2.74. The van der Waals surface area contributed by atoms with E-state index in [1.54, 1.807) is 38.8 Å². The number of hydrogen-bond acceptors (Lipinski definition) is 8. The van der Waals surface area contributed by atoms with Crippen LogP contribution in [0.3, 0.4) is 0 Å². The van der Waals surface area contributed by atoms with E-state index in [1.807, 2.05) is 36.4 Å². The fraction of sp³-hybridized carbons (Fsp3) is 0.381. The van der Waals surface area contributed by atoms with Gasteiger partial charge in [-0.25, -0.2) is 8.78 Å². The van der Waals surface area contributed by atoms with Crippen molar-refractivity contribution in [2.75, 3.05) is 13.2 Å². The fourth-order valence-electron chi connectivity index (χ4n) is 6.69. The topological polar surface area (TPSA) is 196 Å². The molecule has 18 heteroatoms. The molecular weight excluding hydrogens is 886 g/mol. The van der Waals surface area contributed by atoms with E-state index in [4.69, 9.17) is 33.2 Å². The van der Waals surface area contributed by atoms with Crippen LogP contribution >= 0.6 is 39.1 Å². The highest BCUT2D eigenvalue weighted by Gasteiger charge is 2.37. The van der Waals surface area contributed by atoms with E-state index in [0.717, 1.165) is 21.7 Å². The summed E-state index contributed by atoms with van der Waals surface area (Å²) in [5, 5.41) is 75.0. The minimum absolute atomic E-state index is 0.000532. The third-order valence-electron chi connectivity index (χ3n) is 9.95. The zero-order chi connectivity index (χ0) is 45.4. The van der Waals surface area contributed by atoms with Crippen molar-refractivity contribution in [1.29, 1.82) is 0 Å². The number of carboxylic acids is 2. The second-order valence-electron chi connectivity index (χ2n) is 15.8. The molecule has 0 heterocycles. The summed E-state index contributed by atoms with van der Waals surface area (Å²) in [6, 6.07) is 23.1. The zero-order valence-electron chi connectivity index (χ0n) is 33.9. The lowest BCUT2D eigenvalue weighted by Crippen LogP contribution is -2.35. The van der Waals surface area contributed by atoms with E-state index in [2.05, 4.69) is 15.9 Å². The Balaban J connectivity index is 0.000000339. The van der Waals surface area contributed by atoms with Crippen LogP contribution in [-0.4, -0.2) is 86.6 Å². The lowest BCUT2D eigenvalue weighted by Gasteiger charge is -2.28. The first-order chi connectivity index (χ1) is 28.0. The van der Waals surface area contributed by atoms with Crippen molar-refractivity contribution in [3.63, 3.8) is 0 Å². The number of rotatable bonds is 18. The molecule has 0 aliphatic heterocycles. The highest BCUT2D eigenvalue weighted by atomic mass is 79.9. The van der Waals surface area contributed by atoms with Crippen LogP contribution in [0, 0.1) is 34.3 Å². The van der Waals surface area contributed by atoms with Crippen molar-refractivity contribution in [2.45, 2.75) is 65.8 Å². The molecule has 0 aliphatic carbocycles. The van der Waals surface area contributed by atoms with Crippen molar-refractivity contribution in [2.24, 2.45) is 22.7 Å². The zero-order valence-corrected chi connectivity index (χ0v) is 37.0. The molecule has 0 saturated carbocycles. The summed E-state index contributed by atoms with van der Waals surface area (Å²) in [4.78, 5) is 22.9. The van der Waals surface area contributed by atoms with Gasteiger partial charge >= 0.3 is 19.1 Å². The Morgan fingerprint density at radius 3 is 1.43 bits per heavy atom. The second kappa shape index (κ2) is 25.0. The molecule has 0 bridgehead atoms. The van der Waals surface area contributed by atoms with Gasteiger partial charge in [-0.2, -0.15) is 0 Å². The molecule has 0 radical (unpaired) electrons. The van der Waals surface area contributed by atoms with Gasteiger partial charge < -0.3 is 40.5 Å². The molecule has 324 valence electrons. The van der Waals surface area contributed by atoms with Gasteiger partial charge in [0.1, 0.15) is 11.6 Å². The van der Waals surface area contributed by atoms with E-state index >= 15 is 0 Å². The van der Waals surface area contributed by atoms with Crippen molar-refractivity contribution in [1.82, 2.24) is 0 Å². The van der Waals surface area contributed by atoms with Crippen LogP contribution in [0.25, 0.3) is 11.1 Å². The average Bonchev–Trinajstić information content (AvgIpc) is 3.17. The van der Waals surface area contributed by atoms with Crippen LogP contribution in [-0.2, 0) is 22.4 Å². The van der Waals surface area contributed by atoms with Gasteiger partial charge in [0.2, 0.25) is 0 Å². The van der Waals surface area contributed by atoms with Crippen molar-refractivity contribution in [3.05, 3.63) is 122 Å². The molecular formula is C42H52B3BrCl2F2O10. The first-order valence-corrected chi connectivity index (χ1v) is 20.7. The summed E-state index contributed by atoms with van der Waals surface area (Å²) in [7, 11) is -1.81. The Kier molecular flexibility index (Phi) is 22.0. The van der Waals surface area contributed by atoms with E-state index in [9.17, 15) is 48.8 Å². The van der Waals surface area contributed by atoms with Gasteiger partial charge in [-0.1, -0.05) is 89.2 Å². The molecule has 4 atom stereocenters. The van der Waals surface area contributed by atoms with Crippen LogP contribution in [0.1, 0.15) is 37.8 Å². The summed E-state index contributed by atoms with van der Waals surface area (Å²) < 4.78 is 27.7. The SMILES string of the molecule is CB(O)C[C@H](Cc1ccc(-c2cc(Cl)ccc2F)cc1)C[C@@](C)(CO)C(=O)O.CB(O)C[C@H](Cc1ccc(Br)cc1)C[C@@](C)(CO)C(=O)O.OB(O)c1cc(Cl)ccc1F. The second-order valence-corrected chi connectivity index (χ2v) is 17.5. The number of aliphatic hydroxyl groups excluding tert-OH is 2. The highest BCUT2D eigenvalue weighted by molar-refractivity contribution is 9.10. The highest BCUT2D eigenvalue weighted by Crippen LogP contribution is 2.33. The Hall–Kier alpha value is -3.31. The third kappa shape index (κ3) is 17.6. The molecule has 0 unspecified atom stereocenters. The number of carbonyl (C=O) groups is 2. The minimum Gasteiger partial charge on any atom is -0.481 e. The molecule has 0 aromatic heterocycles. The molecule has 8 N–H and O–H groups in total. The predicted octanol–water partition coefficient (Wildman–Crippen LogP) is 7.25. The Morgan fingerprint density at radius 1 is 0.667 bits per heavy atom. The number of benzene rings is 4. The quantitative estimate of drug-likeness (QED) is 0.0471. The van der Waals surface area contributed by atoms with Crippen molar-refractivity contribution < 1.29 is 58.9 Å². The predicted molar refractivity (Wildman–Crippen MR) is 239 cm³/mol. The number of halogens is 5. The van der Waals surface area contributed by atoms with Crippen molar-refractivity contribution >= 4 is 77.5 Å². The first kappa shape index (κ1) is 52.8. The molecule has 4 rings (SSSR count). The molecule has 4 aromatic rings. The van der Waals surface area contributed by atoms with Crippen LogP contribution in [0.15, 0.2) is 89.4 Å². The summed E-state index contributed by atoms with van der Waals surface area (Å²) in [5.41, 5.74) is 0.507. The monoisotopic (exact) mass is 936 g/mol. The molecule has 0 fully saturated rings.